The zero-order chi connectivity index (χ0) is 18.4. The van der Waals surface area contributed by atoms with E-state index in [9.17, 15) is 4.79 Å². The molecule has 0 N–H and O–H groups in total. The number of hydrogen-bond acceptors (Lipinski definition) is 4. The number of ether oxygens (including phenoxy) is 3. The fourth-order valence-corrected chi connectivity index (χ4v) is 2.56. The Kier molecular flexibility index (Phi) is 7.03. The van der Waals surface area contributed by atoms with Crippen LogP contribution in [0, 0.1) is 0 Å². The Morgan fingerprint density at radius 1 is 1.12 bits per heavy atom. The highest BCUT2D eigenvalue weighted by Gasteiger charge is 2.30. The van der Waals surface area contributed by atoms with Crippen molar-refractivity contribution in [3.05, 3.63) is 42.0 Å². The number of carbonyl (C=O) groups is 1. The van der Waals surface area contributed by atoms with E-state index in [2.05, 4.69) is 13.5 Å². The lowest BCUT2D eigenvalue weighted by Gasteiger charge is -2.31. The topological polar surface area (TPSA) is 44.8 Å². The van der Waals surface area contributed by atoms with Crippen LogP contribution in [-0.4, -0.2) is 18.4 Å². The second kappa shape index (κ2) is 8.34. The highest BCUT2D eigenvalue weighted by Crippen LogP contribution is 2.33. The van der Waals surface area contributed by atoms with E-state index in [1.807, 2.05) is 52.0 Å². The fraction of sp³-hybridized carbons (Fsp3) is 0.550. The minimum absolute atomic E-state index is 0.372. The molecule has 134 valence electrons. The summed E-state index contributed by atoms with van der Waals surface area (Å²) in [6.07, 6.45) is 1.63. The minimum atomic E-state index is -0.685. The van der Waals surface area contributed by atoms with E-state index < -0.39 is 11.4 Å². The van der Waals surface area contributed by atoms with Gasteiger partial charge >= 0.3 is 5.97 Å². The SMILES string of the molecule is C=C(C)C(=O)OC(C)(CCC)c1ccc(OC(C)(C)OCC)cc1. The molecule has 0 saturated carbocycles. The lowest BCUT2D eigenvalue weighted by molar-refractivity contribution is -0.155. The van der Waals surface area contributed by atoms with E-state index in [4.69, 9.17) is 14.2 Å². The summed E-state index contributed by atoms with van der Waals surface area (Å²) >= 11 is 0. The molecule has 1 rings (SSSR count). The monoisotopic (exact) mass is 334 g/mol. The lowest BCUT2D eigenvalue weighted by atomic mass is 9.91. The van der Waals surface area contributed by atoms with Crippen LogP contribution in [0.3, 0.4) is 0 Å². The van der Waals surface area contributed by atoms with Crippen molar-refractivity contribution >= 4 is 5.97 Å². The molecule has 1 atom stereocenters. The molecule has 24 heavy (non-hydrogen) atoms. The summed E-state index contributed by atoms with van der Waals surface area (Å²) in [4.78, 5) is 12.0. The van der Waals surface area contributed by atoms with E-state index in [0.717, 1.165) is 18.4 Å². The summed E-state index contributed by atoms with van der Waals surface area (Å²) in [6.45, 7) is 15.6. The lowest BCUT2D eigenvalue weighted by Crippen LogP contribution is -2.32. The first-order chi connectivity index (χ1) is 11.1. The Morgan fingerprint density at radius 3 is 2.17 bits per heavy atom. The van der Waals surface area contributed by atoms with Gasteiger partial charge in [-0.15, -0.1) is 0 Å². The number of benzene rings is 1. The fourth-order valence-electron chi connectivity index (χ4n) is 2.56. The summed E-state index contributed by atoms with van der Waals surface area (Å²) in [5.41, 5.74) is 0.648. The van der Waals surface area contributed by atoms with Crippen molar-refractivity contribution in [2.75, 3.05) is 6.61 Å². The maximum absolute atomic E-state index is 12.0. The summed E-state index contributed by atoms with van der Waals surface area (Å²) in [5.74, 6) is -0.346. The van der Waals surface area contributed by atoms with E-state index in [0.29, 0.717) is 17.9 Å². The van der Waals surface area contributed by atoms with Crippen LogP contribution in [0.2, 0.25) is 0 Å². The molecular weight excluding hydrogens is 304 g/mol. The summed E-state index contributed by atoms with van der Waals surface area (Å²) in [6, 6.07) is 7.61. The average Bonchev–Trinajstić information content (AvgIpc) is 2.47. The van der Waals surface area contributed by atoms with Crippen LogP contribution in [0.25, 0.3) is 0 Å². The van der Waals surface area contributed by atoms with Crippen molar-refractivity contribution in [3.8, 4) is 5.75 Å². The largest absolute Gasteiger partial charge is 0.463 e. The molecule has 0 heterocycles. The third-order valence-electron chi connectivity index (χ3n) is 3.71. The molecule has 0 amide bonds. The normalized spacial score (nSPS) is 13.9. The van der Waals surface area contributed by atoms with Crippen LogP contribution in [0.4, 0.5) is 0 Å². The third kappa shape index (κ3) is 5.68. The van der Waals surface area contributed by atoms with Crippen molar-refractivity contribution in [1.29, 1.82) is 0 Å². The van der Waals surface area contributed by atoms with Gasteiger partial charge in [-0.25, -0.2) is 4.79 Å². The van der Waals surface area contributed by atoms with E-state index in [1.165, 1.54) is 0 Å². The van der Waals surface area contributed by atoms with Crippen molar-refractivity contribution < 1.29 is 19.0 Å². The summed E-state index contributed by atoms with van der Waals surface area (Å²) in [5, 5.41) is 0. The van der Waals surface area contributed by atoms with Crippen LogP contribution >= 0.6 is 0 Å². The van der Waals surface area contributed by atoms with Crippen molar-refractivity contribution in [1.82, 2.24) is 0 Å². The predicted octanol–water partition coefficient (Wildman–Crippen LogP) is 4.97. The molecule has 0 aliphatic heterocycles. The van der Waals surface area contributed by atoms with Gasteiger partial charge < -0.3 is 14.2 Å². The predicted molar refractivity (Wildman–Crippen MR) is 95.9 cm³/mol. The standard InChI is InChI=1S/C20H30O4/c1-8-14-20(7,24-18(21)15(3)4)16-10-12-17(13-11-16)23-19(5,6)22-9-2/h10-13H,3,8-9,14H2,1-2,4-7H3. The molecule has 1 aromatic rings. The van der Waals surface area contributed by atoms with Gasteiger partial charge in [0, 0.05) is 26.0 Å². The van der Waals surface area contributed by atoms with Crippen LogP contribution in [0.15, 0.2) is 36.4 Å². The van der Waals surface area contributed by atoms with Crippen molar-refractivity contribution in [3.63, 3.8) is 0 Å². The molecule has 0 aliphatic rings. The second-order valence-corrected chi connectivity index (χ2v) is 6.61. The van der Waals surface area contributed by atoms with E-state index >= 15 is 0 Å². The van der Waals surface area contributed by atoms with Gasteiger partial charge in [-0.2, -0.15) is 0 Å². The van der Waals surface area contributed by atoms with Crippen LogP contribution in [0.5, 0.6) is 5.75 Å². The molecule has 0 aromatic heterocycles. The molecule has 1 unspecified atom stereocenters. The number of hydrogen-bond donors (Lipinski definition) is 0. The molecular formula is C20H30O4. The Hall–Kier alpha value is -1.81. The zero-order valence-electron chi connectivity index (χ0n) is 15.8. The maximum atomic E-state index is 12.0. The Morgan fingerprint density at radius 2 is 1.71 bits per heavy atom. The molecule has 0 saturated heterocycles. The van der Waals surface area contributed by atoms with Gasteiger partial charge in [-0.1, -0.05) is 32.1 Å². The zero-order valence-corrected chi connectivity index (χ0v) is 15.8. The molecule has 4 nitrogen and oxygen atoms in total. The Balaban J connectivity index is 2.97. The van der Waals surface area contributed by atoms with Gasteiger partial charge in [-0.3, -0.25) is 0 Å². The Labute approximate surface area is 145 Å². The number of rotatable bonds is 9. The summed E-state index contributed by atoms with van der Waals surface area (Å²) in [7, 11) is 0. The number of carbonyl (C=O) groups excluding carboxylic acids is 1. The number of esters is 1. The van der Waals surface area contributed by atoms with Crippen molar-refractivity contribution in [2.24, 2.45) is 0 Å². The van der Waals surface area contributed by atoms with Crippen LogP contribution < -0.4 is 4.74 Å². The first-order valence-corrected chi connectivity index (χ1v) is 8.46. The second-order valence-electron chi connectivity index (χ2n) is 6.61. The van der Waals surface area contributed by atoms with Crippen molar-refractivity contribution in [2.45, 2.75) is 65.8 Å². The van der Waals surface area contributed by atoms with Gasteiger partial charge in [-0.05, 0) is 44.9 Å². The van der Waals surface area contributed by atoms with E-state index in [-0.39, 0.29) is 5.97 Å². The van der Waals surface area contributed by atoms with Gasteiger partial charge in [0.1, 0.15) is 11.4 Å². The van der Waals surface area contributed by atoms with Gasteiger partial charge in [0.25, 0.3) is 0 Å². The first-order valence-electron chi connectivity index (χ1n) is 8.46. The van der Waals surface area contributed by atoms with Crippen LogP contribution in [-0.2, 0) is 19.9 Å². The average molecular weight is 334 g/mol. The molecule has 0 fully saturated rings. The van der Waals surface area contributed by atoms with Gasteiger partial charge in [0.15, 0.2) is 0 Å². The van der Waals surface area contributed by atoms with Gasteiger partial charge in [0.2, 0.25) is 5.79 Å². The van der Waals surface area contributed by atoms with E-state index in [1.54, 1.807) is 6.92 Å². The third-order valence-corrected chi connectivity index (χ3v) is 3.71. The minimum Gasteiger partial charge on any atom is -0.463 e. The molecule has 1 aromatic carbocycles. The molecule has 0 spiro atoms. The smallest absolute Gasteiger partial charge is 0.333 e. The molecule has 0 aliphatic carbocycles. The highest BCUT2D eigenvalue weighted by molar-refractivity contribution is 5.87. The molecule has 0 radical (unpaired) electrons. The van der Waals surface area contributed by atoms with Crippen LogP contribution in [0.1, 0.15) is 59.9 Å². The molecule has 0 bridgehead atoms. The summed E-state index contributed by atoms with van der Waals surface area (Å²) < 4.78 is 17.1. The quantitative estimate of drug-likeness (QED) is 0.363. The van der Waals surface area contributed by atoms with Gasteiger partial charge in [0.05, 0.1) is 0 Å². The highest BCUT2D eigenvalue weighted by atomic mass is 16.7. The molecule has 4 heteroatoms. The maximum Gasteiger partial charge on any atom is 0.333 e. The first kappa shape index (κ1) is 20.2. The Bertz CT molecular complexity index is 560.